The predicted molar refractivity (Wildman–Crippen MR) is 101 cm³/mol. The van der Waals surface area contributed by atoms with Crippen LogP contribution in [0.5, 0.6) is 0 Å². The second kappa shape index (κ2) is 8.14. The van der Waals surface area contributed by atoms with Crippen LogP contribution in [0.3, 0.4) is 0 Å². The highest BCUT2D eigenvalue weighted by molar-refractivity contribution is 7.10. The summed E-state index contributed by atoms with van der Waals surface area (Å²) in [4.78, 5) is 1.11. The maximum atomic E-state index is 13.1. The Labute approximate surface area is 154 Å². The molecule has 1 heterocycles. The number of hydrogen-bond acceptors (Lipinski definition) is 4. The first-order valence-electron chi connectivity index (χ1n) is 7.68. The molecule has 0 amide bonds. The number of anilines is 1. The zero-order chi connectivity index (χ0) is 17.6. The molecule has 1 aromatic heterocycles. The first-order chi connectivity index (χ1) is 12.2. The van der Waals surface area contributed by atoms with Crippen LogP contribution in [0.2, 0.25) is 5.02 Å². The normalized spacial score (nSPS) is 12.8. The molecule has 0 bridgehead atoms. The molecule has 2 N–H and O–H groups in total. The van der Waals surface area contributed by atoms with Crippen molar-refractivity contribution in [3.8, 4) is 0 Å². The van der Waals surface area contributed by atoms with E-state index < -0.39 is 0 Å². The molecule has 1 unspecified atom stereocenters. The van der Waals surface area contributed by atoms with Gasteiger partial charge in [-0.1, -0.05) is 35.0 Å². The number of nitrogens with one attached hydrogen (secondary N) is 1. The van der Waals surface area contributed by atoms with Crippen molar-refractivity contribution < 1.29 is 9.60 Å². The number of oxime groups is 1. The average molecular weight is 375 g/mol. The summed E-state index contributed by atoms with van der Waals surface area (Å²) in [6.07, 6.45) is 0.450. The van der Waals surface area contributed by atoms with Gasteiger partial charge in [0.2, 0.25) is 0 Å². The van der Waals surface area contributed by atoms with Crippen molar-refractivity contribution in [2.75, 3.05) is 5.32 Å². The minimum absolute atomic E-state index is 0.0860. The molecule has 3 aromatic rings. The van der Waals surface area contributed by atoms with Crippen LogP contribution in [0.15, 0.2) is 71.2 Å². The lowest BCUT2D eigenvalue weighted by Gasteiger charge is -2.19. The minimum atomic E-state index is -0.324. The van der Waals surface area contributed by atoms with E-state index in [-0.39, 0.29) is 11.9 Å². The fourth-order valence-corrected chi connectivity index (χ4v) is 3.42. The van der Waals surface area contributed by atoms with E-state index >= 15 is 0 Å². The molecule has 2 aromatic carbocycles. The quantitative estimate of drug-likeness (QED) is 0.317. The summed E-state index contributed by atoms with van der Waals surface area (Å²) in [5.74, 6) is -0.324. The monoisotopic (exact) mass is 374 g/mol. The topological polar surface area (TPSA) is 44.6 Å². The fraction of sp³-hybridized carbons (Fsp3) is 0.105. The smallest absolute Gasteiger partial charge is 0.123 e. The lowest BCUT2D eigenvalue weighted by Crippen LogP contribution is -2.15. The highest BCUT2D eigenvalue weighted by Gasteiger charge is 2.17. The third-order valence-corrected chi connectivity index (χ3v) is 5.01. The second-order valence-corrected chi connectivity index (χ2v) is 6.89. The SMILES string of the molecule is O/N=C(/CC(Nc1ccc(Cl)cc1)c1cccs1)c1ccc(F)cc1. The van der Waals surface area contributed by atoms with Gasteiger partial charge in [-0.15, -0.1) is 11.3 Å². The molecule has 1 atom stereocenters. The maximum Gasteiger partial charge on any atom is 0.123 e. The third-order valence-electron chi connectivity index (χ3n) is 3.77. The Kier molecular flexibility index (Phi) is 5.68. The van der Waals surface area contributed by atoms with Crippen LogP contribution >= 0.6 is 22.9 Å². The van der Waals surface area contributed by atoms with Gasteiger partial charge in [0.15, 0.2) is 0 Å². The van der Waals surface area contributed by atoms with Gasteiger partial charge in [-0.2, -0.15) is 0 Å². The number of nitrogens with zero attached hydrogens (tertiary/aromatic N) is 1. The Bertz CT molecular complexity index is 833. The number of benzene rings is 2. The summed E-state index contributed by atoms with van der Waals surface area (Å²) in [5, 5.41) is 19.0. The van der Waals surface area contributed by atoms with Gasteiger partial charge in [0.25, 0.3) is 0 Å². The van der Waals surface area contributed by atoms with E-state index in [1.807, 2.05) is 41.8 Å². The van der Waals surface area contributed by atoms with Gasteiger partial charge in [0, 0.05) is 22.0 Å². The van der Waals surface area contributed by atoms with Crippen molar-refractivity contribution in [3.05, 3.63) is 87.3 Å². The van der Waals surface area contributed by atoms with Crippen LogP contribution in [-0.4, -0.2) is 10.9 Å². The zero-order valence-corrected chi connectivity index (χ0v) is 14.8. The summed E-state index contributed by atoms with van der Waals surface area (Å²) in [7, 11) is 0. The van der Waals surface area contributed by atoms with Crippen LogP contribution in [-0.2, 0) is 0 Å². The van der Waals surface area contributed by atoms with Gasteiger partial charge < -0.3 is 10.5 Å². The molecule has 0 aliphatic heterocycles. The van der Waals surface area contributed by atoms with Crippen LogP contribution < -0.4 is 5.32 Å². The molecule has 0 saturated heterocycles. The third kappa shape index (κ3) is 4.59. The largest absolute Gasteiger partial charge is 0.411 e. The molecule has 0 radical (unpaired) electrons. The van der Waals surface area contributed by atoms with E-state index in [1.165, 1.54) is 12.1 Å². The van der Waals surface area contributed by atoms with E-state index in [2.05, 4.69) is 10.5 Å². The molecule has 3 nitrogen and oxygen atoms in total. The van der Waals surface area contributed by atoms with E-state index in [4.69, 9.17) is 11.6 Å². The van der Waals surface area contributed by atoms with Crippen molar-refractivity contribution in [3.63, 3.8) is 0 Å². The second-order valence-electron chi connectivity index (χ2n) is 5.48. The summed E-state index contributed by atoms with van der Waals surface area (Å²) in [6.45, 7) is 0. The van der Waals surface area contributed by atoms with Crippen molar-refractivity contribution >= 4 is 34.3 Å². The van der Waals surface area contributed by atoms with E-state index in [0.717, 1.165) is 10.6 Å². The van der Waals surface area contributed by atoms with Crippen LogP contribution in [0.1, 0.15) is 22.9 Å². The maximum absolute atomic E-state index is 13.1. The Morgan fingerprint density at radius 1 is 1.12 bits per heavy atom. The van der Waals surface area contributed by atoms with Crippen LogP contribution in [0, 0.1) is 5.82 Å². The minimum Gasteiger partial charge on any atom is -0.411 e. The van der Waals surface area contributed by atoms with Crippen LogP contribution in [0.25, 0.3) is 0 Å². The van der Waals surface area contributed by atoms with Gasteiger partial charge >= 0.3 is 0 Å². The standard InChI is InChI=1S/C19H16ClFN2OS/c20-14-5-9-16(10-6-14)22-18(19-2-1-11-25-19)12-17(23-24)13-3-7-15(21)8-4-13/h1-11,18,22,24H,12H2/b23-17-. The number of thiophene rings is 1. The van der Waals surface area contributed by atoms with Crippen LogP contribution in [0.4, 0.5) is 10.1 Å². The summed E-state index contributed by atoms with van der Waals surface area (Å²) in [5.41, 5.74) is 2.09. The molecule has 128 valence electrons. The highest BCUT2D eigenvalue weighted by atomic mass is 35.5. The van der Waals surface area contributed by atoms with Gasteiger partial charge in [-0.25, -0.2) is 4.39 Å². The molecule has 3 rings (SSSR count). The number of halogens is 2. The summed E-state index contributed by atoms with van der Waals surface area (Å²) in [6, 6.07) is 17.3. The van der Waals surface area contributed by atoms with Crippen molar-refractivity contribution in [2.45, 2.75) is 12.5 Å². The van der Waals surface area contributed by atoms with Crippen molar-refractivity contribution in [2.24, 2.45) is 5.16 Å². The number of hydrogen-bond donors (Lipinski definition) is 2. The van der Waals surface area contributed by atoms with Gasteiger partial charge in [-0.05, 0) is 53.4 Å². The van der Waals surface area contributed by atoms with E-state index in [1.54, 1.807) is 23.5 Å². The van der Waals surface area contributed by atoms with Gasteiger partial charge in [-0.3, -0.25) is 0 Å². The first kappa shape index (κ1) is 17.5. The predicted octanol–water partition coefficient (Wildman–Crippen LogP) is 5.96. The molecule has 0 fully saturated rings. The molecule has 6 heteroatoms. The number of rotatable bonds is 6. The van der Waals surface area contributed by atoms with Gasteiger partial charge in [0.05, 0.1) is 11.8 Å². The molecule has 0 spiro atoms. The van der Waals surface area contributed by atoms with E-state index in [0.29, 0.717) is 22.7 Å². The Morgan fingerprint density at radius 3 is 2.44 bits per heavy atom. The molecular formula is C19H16ClFN2OS. The Hall–Kier alpha value is -2.37. The van der Waals surface area contributed by atoms with Gasteiger partial charge in [0.1, 0.15) is 5.82 Å². The molecule has 0 aliphatic rings. The average Bonchev–Trinajstić information content (AvgIpc) is 3.16. The fourth-order valence-electron chi connectivity index (χ4n) is 2.51. The summed E-state index contributed by atoms with van der Waals surface area (Å²) >= 11 is 7.56. The lowest BCUT2D eigenvalue weighted by molar-refractivity contribution is 0.317. The zero-order valence-electron chi connectivity index (χ0n) is 13.2. The molecule has 0 saturated carbocycles. The Morgan fingerprint density at radius 2 is 1.84 bits per heavy atom. The van der Waals surface area contributed by atoms with Crippen molar-refractivity contribution in [1.82, 2.24) is 0 Å². The summed E-state index contributed by atoms with van der Waals surface area (Å²) < 4.78 is 13.1. The first-order valence-corrected chi connectivity index (χ1v) is 8.94. The molecule has 0 aliphatic carbocycles. The Balaban J connectivity index is 1.84. The highest BCUT2D eigenvalue weighted by Crippen LogP contribution is 2.28. The lowest BCUT2D eigenvalue weighted by atomic mass is 10.0. The van der Waals surface area contributed by atoms with E-state index in [9.17, 15) is 9.60 Å². The molecule has 25 heavy (non-hydrogen) atoms. The van der Waals surface area contributed by atoms with Crippen molar-refractivity contribution in [1.29, 1.82) is 0 Å². The molecular weight excluding hydrogens is 359 g/mol.